The highest BCUT2D eigenvalue weighted by Gasteiger charge is 2.54. The van der Waals surface area contributed by atoms with Crippen LogP contribution in [0, 0.1) is 5.92 Å². The number of nitrogens with one attached hydrogen (secondary N) is 1. The third-order valence-electron chi connectivity index (χ3n) is 7.19. The SMILES string of the molecule is O=C1NCC2(N3CCCC3)CC(c3ccccc3)C1C(c1ccccc1)C2. The molecule has 1 amide bonds. The van der Waals surface area contributed by atoms with Crippen molar-refractivity contribution < 1.29 is 4.79 Å². The van der Waals surface area contributed by atoms with Crippen molar-refractivity contribution in [2.75, 3.05) is 19.6 Å². The van der Waals surface area contributed by atoms with Crippen molar-refractivity contribution in [1.82, 2.24) is 10.2 Å². The number of likely N-dealkylation sites (tertiary alicyclic amines) is 1. The maximum absolute atomic E-state index is 13.3. The van der Waals surface area contributed by atoms with Gasteiger partial charge < -0.3 is 5.32 Å². The largest absolute Gasteiger partial charge is 0.354 e. The lowest BCUT2D eigenvalue weighted by Crippen LogP contribution is -2.55. The van der Waals surface area contributed by atoms with Gasteiger partial charge in [0.2, 0.25) is 5.91 Å². The van der Waals surface area contributed by atoms with E-state index in [1.54, 1.807) is 0 Å². The van der Waals surface area contributed by atoms with Gasteiger partial charge in [-0.25, -0.2) is 0 Å². The number of amides is 1. The molecule has 27 heavy (non-hydrogen) atoms. The van der Waals surface area contributed by atoms with Crippen LogP contribution in [-0.2, 0) is 4.79 Å². The van der Waals surface area contributed by atoms with Gasteiger partial charge >= 0.3 is 0 Å². The first-order chi connectivity index (χ1) is 13.3. The predicted octanol–water partition coefficient (Wildman–Crippen LogP) is 3.93. The second-order valence-corrected chi connectivity index (χ2v) is 8.60. The van der Waals surface area contributed by atoms with Gasteiger partial charge in [0.15, 0.2) is 0 Å². The first-order valence-electron chi connectivity index (χ1n) is 10.4. The molecule has 2 aromatic carbocycles. The normalized spacial score (nSPS) is 33.6. The van der Waals surface area contributed by atoms with Crippen LogP contribution in [0.25, 0.3) is 0 Å². The van der Waals surface area contributed by atoms with Gasteiger partial charge in [-0.1, -0.05) is 60.7 Å². The van der Waals surface area contributed by atoms with Crippen molar-refractivity contribution in [3.8, 4) is 0 Å². The summed E-state index contributed by atoms with van der Waals surface area (Å²) in [6.45, 7) is 3.14. The Morgan fingerprint density at radius 2 is 1.33 bits per heavy atom. The summed E-state index contributed by atoms with van der Waals surface area (Å²) in [6, 6.07) is 21.5. The summed E-state index contributed by atoms with van der Waals surface area (Å²) in [7, 11) is 0. The quantitative estimate of drug-likeness (QED) is 0.899. The first-order valence-corrected chi connectivity index (χ1v) is 10.4. The molecule has 2 aromatic rings. The molecule has 140 valence electrons. The van der Waals surface area contributed by atoms with Crippen LogP contribution in [0.2, 0.25) is 0 Å². The number of hydrogen-bond donors (Lipinski definition) is 1. The minimum atomic E-state index is 0.0213. The Morgan fingerprint density at radius 3 is 1.85 bits per heavy atom. The molecule has 2 bridgehead atoms. The zero-order valence-electron chi connectivity index (χ0n) is 15.8. The molecule has 1 saturated carbocycles. The van der Waals surface area contributed by atoms with E-state index in [1.807, 2.05) is 0 Å². The Balaban J connectivity index is 1.63. The Bertz CT molecular complexity index is 748. The average Bonchev–Trinajstić information content (AvgIpc) is 3.19. The van der Waals surface area contributed by atoms with E-state index in [0.29, 0.717) is 0 Å². The van der Waals surface area contributed by atoms with Crippen LogP contribution in [0.3, 0.4) is 0 Å². The van der Waals surface area contributed by atoms with E-state index in [0.717, 1.165) is 19.4 Å². The van der Waals surface area contributed by atoms with Crippen molar-refractivity contribution in [3.63, 3.8) is 0 Å². The fourth-order valence-electron chi connectivity index (χ4n) is 5.93. The van der Waals surface area contributed by atoms with Crippen LogP contribution in [0.5, 0.6) is 0 Å². The molecule has 0 aromatic heterocycles. The molecule has 3 saturated heterocycles. The van der Waals surface area contributed by atoms with E-state index in [-0.39, 0.29) is 29.2 Å². The van der Waals surface area contributed by atoms with E-state index in [4.69, 9.17) is 0 Å². The van der Waals surface area contributed by atoms with E-state index in [2.05, 4.69) is 70.9 Å². The molecule has 4 fully saturated rings. The number of carbonyl (C=O) groups excluding carboxylic acids is 1. The fraction of sp³-hybridized carbons (Fsp3) is 0.458. The molecule has 1 aliphatic carbocycles. The topological polar surface area (TPSA) is 32.3 Å². The summed E-state index contributed by atoms with van der Waals surface area (Å²) in [5, 5.41) is 3.34. The maximum Gasteiger partial charge on any atom is 0.224 e. The number of nitrogens with zero attached hydrogens (tertiary/aromatic N) is 1. The molecule has 1 N–H and O–H groups in total. The van der Waals surface area contributed by atoms with Crippen molar-refractivity contribution in [2.45, 2.75) is 43.1 Å². The lowest BCUT2D eigenvalue weighted by Gasteiger charge is -2.49. The molecule has 2 atom stereocenters. The Labute approximate surface area is 161 Å². The van der Waals surface area contributed by atoms with Crippen LogP contribution in [0.1, 0.15) is 48.6 Å². The highest BCUT2D eigenvalue weighted by Crippen LogP contribution is 2.53. The van der Waals surface area contributed by atoms with E-state index >= 15 is 0 Å². The van der Waals surface area contributed by atoms with Gasteiger partial charge in [-0.3, -0.25) is 9.69 Å². The molecule has 4 aliphatic rings. The molecule has 0 radical (unpaired) electrons. The monoisotopic (exact) mass is 360 g/mol. The fourth-order valence-corrected chi connectivity index (χ4v) is 5.93. The van der Waals surface area contributed by atoms with Gasteiger partial charge in [-0.05, 0) is 61.7 Å². The maximum atomic E-state index is 13.3. The Morgan fingerprint density at radius 1 is 0.815 bits per heavy atom. The highest BCUT2D eigenvalue weighted by atomic mass is 16.2. The molecule has 3 aliphatic heterocycles. The number of carbonyl (C=O) groups is 1. The molecule has 3 nitrogen and oxygen atoms in total. The van der Waals surface area contributed by atoms with Crippen molar-refractivity contribution in [2.24, 2.45) is 5.92 Å². The third kappa shape index (κ3) is 2.89. The van der Waals surface area contributed by atoms with Crippen molar-refractivity contribution in [3.05, 3.63) is 71.8 Å². The number of fused-ring (bicyclic) bond motifs is 4. The van der Waals surface area contributed by atoms with E-state index < -0.39 is 0 Å². The van der Waals surface area contributed by atoms with Crippen LogP contribution in [0.4, 0.5) is 0 Å². The standard InChI is InChI=1S/C24H28N2O/c27-23-22-20(18-9-3-1-4-10-18)15-24(17-25-23,26-13-7-8-14-26)16-21(22)19-11-5-2-6-12-19/h1-6,9-12,20-22H,7-8,13-17H2,(H,25,27). The Kier molecular flexibility index (Phi) is 4.28. The van der Waals surface area contributed by atoms with Gasteiger partial charge in [-0.15, -0.1) is 0 Å². The van der Waals surface area contributed by atoms with Crippen LogP contribution in [0.15, 0.2) is 60.7 Å². The molecule has 6 rings (SSSR count). The van der Waals surface area contributed by atoms with Gasteiger partial charge in [0.25, 0.3) is 0 Å². The predicted molar refractivity (Wildman–Crippen MR) is 108 cm³/mol. The summed E-state index contributed by atoms with van der Waals surface area (Å²) in [6.07, 6.45) is 4.74. The lowest BCUT2D eigenvalue weighted by atomic mass is 9.61. The third-order valence-corrected chi connectivity index (χ3v) is 7.19. The van der Waals surface area contributed by atoms with Gasteiger partial charge in [0.1, 0.15) is 0 Å². The molecule has 3 heteroatoms. The second-order valence-electron chi connectivity index (χ2n) is 8.60. The zero-order valence-corrected chi connectivity index (χ0v) is 15.8. The highest BCUT2D eigenvalue weighted by molar-refractivity contribution is 5.82. The molecule has 0 spiro atoms. The van der Waals surface area contributed by atoms with Gasteiger partial charge in [0.05, 0.1) is 5.92 Å². The first kappa shape index (κ1) is 17.0. The zero-order chi connectivity index (χ0) is 18.3. The van der Waals surface area contributed by atoms with Gasteiger partial charge in [0, 0.05) is 12.1 Å². The molecular weight excluding hydrogens is 332 g/mol. The number of hydrogen-bond acceptors (Lipinski definition) is 2. The minimum Gasteiger partial charge on any atom is -0.354 e. The van der Waals surface area contributed by atoms with Crippen molar-refractivity contribution >= 4 is 5.91 Å². The summed E-state index contributed by atoms with van der Waals surface area (Å²) in [4.78, 5) is 16.0. The molecule has 2 unspecified atom stereocenters. The van der Waals surface area contributed by atoms with E-state index in [9.17, 15) is 4.79 Å². The van der Waals surface area contributed by atoms with Crippen molar-refractivity contribution in [1.29, 1.82) is 0 Å². The van der Waals surface area contributed by atoms with Crippen LogP contribution in [-0.4, -0.2) is 36.0 Å². The summed E-state index contributed by atoms with van der Waals surface area (Å²) in [5.74, 6) is 0.839. The molecular formula is C24H28N2O. The minimum absolute atomic E-state index is 0.0213. The lowest BCUT2D eigenvalue weighted by molar-refractivity contribution is -0.125. The summed E-state index contributed by atoms with van der Waals surface area (Å²) < 4.78 is 0. The van der Waals surface area contributed by atoms with Crippen LogP contribution < -0.4 is 5.32 Å². The van der Waals surface area contributed by atoms with E-state index in [1.165, 1.54) is 37.1 Å². The second kappa shape index (κ2) is 6.79. The Hall–Kier alpha value is -2.13. The van der Waals surface area contributed by atoms with Gasteiger partial charge in [-0.2, -0.15) is 0 Å². The molecule has 3 heterocycles. The van der Waals surface area contributed by atoms with Crippen LogP contribution >= 0.6 is 0 Å². The smallest absolute Gasteiger partial charge is 0.224 e. The number of benzene rings is 2. The average molecular weight is 361 g/mol. The number of rotatable bonds is 3. The summed E-state index contributed by atoms with van der Waals surface area (Å²) in [5.41, 5.74) is 2.73. The summed E-state index contributed by atoms with van der Waals surface area (Å²) >= 11 is 0.